The zero-order chi connectivity index (χ0) is 16.9. The first kappa shape index (κ1) is 16.1. The van der Waals surface area contributed by atoms with Crippen molar-refractivity contribution in [1.82, 2.24) is 0 Å². The molecule has 0 N–H and O–H groups in total. The topological polar surface area (TPSA) is 48.7 Å². The molecule has 0 unspecified atom stereocenters. The molecular formula is C20H20O4. The van der Waals surface area contributed by atoms with Gasteiger partial charge in [-0.1, -0.05) is 30.3 Å². The number of rotatable bonds is 6. The lowest BCUT2D eigenvalue weighted by molar-refractivity contribution is 0.0526. The highest BCUT2D eigenvalue weighted by Gasteiger charge is 2.21. The van der Waals surface area contributed by atoms with Crippen molar-refractivity contribution in [2.75, 3.05) is 13.7 Å². The molecule has 24 heavy (non-hydrogen) atoms. The maximum Gasteiger partial charge on any atom is 0.342 e. The van der Waals surface area contributed by atoms with Crippen LogP contribution in [0.3, 0.4) is 0 Å². The first-order valence-electron chi connectivity index (χ1n) is 8.03. The second-order valence-electron chi connectivity index (χ2n) is 5.46. The first-order valence-corrected chi connectivity index (χ1v) is 8.03. The van der Waals surface area contributed by atoms with Gasteiger partial charge in [-0.3, -0.25) is 0 Å². The average molecular weight is 324 g/mol. The Kier molecular flexibility index (Phi) is 4.85. The number of methoxy groups -OCH3 is 1. The number of fused-ring (bicyclic) bond motifs is 1. The number of furan rings is 1. The van der Waals surface area contributed by atoms with Crippen LogP contribution >= 0.6 is 0 Å². The van der Waals surface area contributed by atoms with Crippen LogP contribution in [0.15, 0.2) is 52.9 Å². The summed E-state index contributed by atoms with van der Waals surface area (Å²) in [5.41, 5.74) is 2.41. The summed E-state index contributed by atoms with van der Waals surface area (Å²) in [6, 6.07) is 15.5. The Hall–Kier alpha value is -2.75. The van der Waals surface area contributed by atoms with Crippen LogP contribution in [0, 0.1) is 0 Å². The fourth-order valence-electron chi connectivity index (χ4n) is 2.75. The molecule has 0 radical (unpaired) electrons. The molecule has 0 aliphatic rings. The van der Waals surface area contributed by atoms with E-state index in [4.69, 9.17) is 13.9 Å². The monoisotopic (exact) mass is 324 g/mol. The van der Waals surface area contributed by atoms with Crippen molar-refractivity contribution in [2.45, 2.75) is 19.8 Å². The van der Waals surface area contributed by atoms with Crippen LogP contribution in [0.25, 0.3) is 11.0 Å². The number of carbonyl (C=O) groups excluding carboxylic acids is 1. The van der Waals surface area contributed by atoms with Gasteiger partial charge in [-0.15, -0.1) is 0 Å². The van der Waals surface area contributed by atoms with Gasteiger partial charge in [0.15, 0.2) is 0 Å². The lowest BCUT2D eigenvalue weighted by atomic mass is 10.0. The number of para-hydroxylation sites is 1. The van der Waals surface area contributed by atoms with E-state index in [1.54, 1.807) is 14.0 Å². The molecule has 1 heterocycles. The zero-order valence-electron chi connectivity index (χ0n) is 13.9. The molecule has 0 aliphatic carbocycles. The van der Waals surface area contributed by atoms with E-state index in [1.807, 2.05) is 48.5 Å². The zero-order valence-corrected chi connectivity index (χ0v) is 13.9. The highest BCUT2D eigenvalue weighted by molar-refractivity contribution is 6.04. The molecule has 0 bridgehead atoms. The molecule has 4 heteroatoms. The van der Waals surface area contributed by atoms with Crippen LogP contribution in [-0.2, 0) is 17.6 Å². The normalized spacial score (nSPS) is 10.8. The SMILES string of the molecule is CCOC(=O)c1c(CCc2ccc(OC)cc2)oc2ccccc12. The first-order chi connectivity index (χ1) is 11.7. The standard InChI is InChI=1S/C20H20O4/c1-3-23-20(21)19-16-6-4-5-7-17(16)24-18(19)13-10-14-8-11-15(22-2)12-9-14/h4-9,11-12H,3,10,13H2,1-2H3. The van der Waals surface area contributed by atoms with E-state index in [0.717, 1.165) is 23.1 Å². The maximum atomic E-state index is 12.3. The van der Waals surface area contributed by atoms with Gasteiger partial charge in [0, 0.05) is 11.8 Å². The number of hydrogen-bond donors (Lipinski definition) is 0. The van der Waals surface area contributed by atoms with Crippen molar-refractivity contribution in [1.29, 1.82) is 0 Å². The van der Waals surface area contributed by atoms with Crippen molar-refractivity contribution < 1.29 is 18.7 Å². The Labute approximate surface area is 141 Å². The van der Waals surface area contributed by atoms with Crippen molar-refractivity contribution in [3.63, 3.8) is 0 Å². The number of ether oxygens (including phenoxy) is 2. The lowest BCUT2D eigenvalue weighted by Gasteiger charge is -2.05. The van der Waals surface area contributed by atoms with E-state index < -0.39 is 0 Å². The van der Waals surface area contributed by atoms with Gasteiger partial charge in [-0.2, -0.15) is 0 Å². The van der Waals surface area contributed by atoms with Gasteiger partial charge in [0.25, 0.3) is 0 Å². The van der Waals surface area contributed by atoms with E-state index in [1.165, 1.54) is 0 Å². The van der Waals surface area contributed by atoms with E-state index in [2.05, 4.69) is 0 Å². The summed E-state index contributed by atoms with van der Waals surface area (Å²) in [5, 5.41) is 0.806. The summed E-state index contributed by atoms with van der Waals surface area (Å²) < 4.78 is 16.3. The van der Waals surface area contributed by atoms with E-state index in [-0.39, 0.29) is 5.97 Å². The molecule has 4 nitrogen and oxygen atoms in total. The second kappa shape index (κ2) is 7.21. The van der Waals surface area contributed by atoms with E-state index >= 15 is 0 Å². The molecule has 2 aromatic carbocycles. The molecule has 1 aromatic heterocycles. The number of hydrogen-bond acceptors (Lipinski definition) is 4. The van der Waals surface area contributed by atoms with Crippen molar-refractivity contribution in [2.24, 2.45) is 0 Å². The summed E-state index contributed by atoms with van der Waals surface area (Å²) in [5.74, 6) is 1.17. The lowest BCUT2D eigenvalue weighted by Crippen LogP contribution is -2.07. The van der Waals surface area contributed by atoms with Crippen molar-refractivity contribution in [3.05, 3.63) is 65.4 Å². The molecule has 0 spiro atoms. The molecule has 3 rings (SSSR count). The van der Waals surface area contributed by atoms with Gasteiger partial charge < -0.3 is 13.9 Å². The fraction of sp³-hybridized carbons (Fsp3) is 0.250. The van der Waals surface area contributed by atoms with Crippen LogP contribution in [-0.4, -0.2) is 19.7 Å². The minimum Gasteiger partial charge on any atom is -0.497 e. The number of benzene rings is 2. The Bertz CT molecular complexity index is 830. The second-order valence-corrected chi connectivity index (χ2v) is 5.46. The number of esters is 1. The molecule has 0 saturated heterocycles. The largest absolute Gasteiger partial charge is 0.497 e. The van der Waals surface area contributed by atoms with Crippen LogP contribution < -0.4 is 4.74 Å². The molecule has 0 aliphatic heterocycles. The molecule has 0 atom stereocenters. The fourth-order valence-corrected chi connectivity index (χ4v) is 2.75. The van der Waals surface area contributed by atoms with Gasteiger partial charge in [-0.25, -0.2) is 4.79 Å². The van der Waals surface area contributed by atoms with Gasteiger partial charge in [0.2, 0.25) is 0 Å². The highest BCUT2D eigenvalue weighted by Crippen LogP contribution is 2.28. The minimum atomic E-state index is -0.327. The van der Waals surface area contributed by atoms with E-state index in [9.17, 15) is 4.79 Å². The predicted molar refractivity (Wildman–Crippen MR) is 92.6 cm³/mol. The molecule has 0 fully saturated rings. The Balaban J connectivity index is 1.87. The Morgan fingerprint density at radius 2 is 1.79 bits per heavy atom. The predicted octanol–water partition coefficient (Wildman–Crippen LogP) is 4.40. The third kappa shape index (κ3) is 3.27. The van der Waals surface area contributed by atoms with Gasteiger partial charge in [-0.05, 0) is 37.1 Å². The van der Waals surface area contributed by atoms with Crippen LogP contribution in [0.2, 0.25) is 0 Å². The summed E-state index contributed by atoms with van der Waals surface area (Å²) in [4.78, 5) is 12.3. The summed E-state index contributed by atoms with van der Waals surface area (Å²) >= 11 is 0. The summed E-state index contributed by atoms with van der Waals surface area (Å²) in [6.07, 6.45) is 1.41. The van der Waals surface area contributed by atoms with Crippen LogP contribution in [0.5, 0.6) is 5.75 Å². The van der Waals surface area contributed by atoms with Crippen molar-refractivity contribution in [3.8, 4) is 5.75 Å². The Morgan fingerprint density at radius 3 is 2.50 bits per heavy atom. The Morgan fingerprint density at radius 1 is 1.04 bits per heavy atom. The van der Waals surface area contributed by atoms with Crippen LogP contribution in [0.1, 0.15) is 28.6 Å². The van der Waals surface area contributed by atoms with E-state index in [0.29, 0.717) is 29.9 Å². The highest BCUT2D eigenvalue weighted by atomic mass is 16.5. The van der Waals surface area contributed by atoms with Gasteiger partial charge in [0.1, 0.15) is 22.7 Å². The van der Waals surface area contributed by atoms with Crippen molar-refractivity contribution >= 4 is 16.9 Å². The molecule has 124 valence electrons. The number of carbonyl (C=O) groups is 1. The summed E-state index contributed by atoms with van der Waals surface area (Å²) in [6.45, 7) is 2.15. The van der Waals surface area contributed by atoms with Gasteiger partial charge in [0.05, 0.1) is 13.7 Å². The molecule has 0 amide bonds. The average Bonchev–Trinajstić information content (AvgIpc) is 2.99. The number of aryl methyl sites for hydroxylation is 2. The van der Waals surface area contributed by atoms with Crippen LogP contribution in [0.4, 0.5) is 0 Å². The molecule has 3 aromatic rings. The molecule has 0 saturated carbocycles. The maximum absolute atomic E-state index is 12.3. The molecular weight excluding hydrogens is 304 g/mol. The third-order valence-electron chi connectivity index (χ3n) is 3.95. The minimum absolute atomic E-state index is 0.327. The third-order valence-corrected chi connectivity index (χ3v) is 3.95. The van der Waals surface area contributed by atoms with Gasteiger partial charge >= 0.3 is 5.97 Å². The quantitative estimate of drug-likeness (QED) is 0.630. The summed E-state index contributed by atoms with van der Waals surface area (Å²) in [7, 11) is 1.65. The smallest absolute Gasteiger partial charge is 0.342 e.